The fourth-order valence-corrected chi connectivity index (χ4v) is 6.03. The van der Waals surface area contributed by atoms with Crippen molar-refractivity contribution in [3.63, 3.8) is 0 Å². The van der Waals surface area contributed by atoms with Gasteiger partial charge in [0.1, 0.15) is 5.82 Å². The number of thiophene rings is 1. The van der Waals surface area contributed by atoms with Gasteiger partial charge in [-0.2, -0.15) is 0 Å². The van der Waals surface area contributed by atoms with E-state index in [-0.39, 0.29) is 17.8 Å². The summed E-state index contributed by atoms with van der Waals surface area (Å²) in [6, 6.07) is 9.26. The molecule has 3 aromatic rings. The maximum atomic E-state index is 14.3. The third-order valence-electron chi connectivity index (χ3n) is 5.82. The molecule has 1 unspecified atom stereocenters. The molecule has 1 saturated carbocycles. The van der Waals surface area contributed by atoms with E-state index in [0.717, 1.165) is 32.2 Å². The molecule has 2 aromatic heterocycles. The van der Waals surface area contributed by atoms with Crippen molar-refractivity contribution >= 4 is 29.0 Å². The molecule has 1 fully saturated rings. The smallest absolute Gasteiger partial charge is 0.233 e. The lowest BCUT2D eigenvalue weighted by molar-refractivity contribution is -0.131. The highest BCUT2D eigenvalue weighted by molar-refractivity contribution is 7.99. The van der Waals surface area contributed by atoms with Gasteiger partial charge in [0.25, 0.3) is 0 Å². The number of fused-ring (bicyclic) bond motifs is 1. The van der Waals surface area contributed by atoms with Crippen LogP contribution in [0.4, 0.5) is 4.39 Å². The van der Waals surface area contributed by atoms with Gasteiger partial charge in [-0.15, -0.1) is 21.5 Å². The van der Waals surface area contributed by atoms with Crippen molar-refractivity contribution in [1.29, 1.82) is 0 Å². The minimum atomic E-state index is -0.301. The van der Waals surface area contributed by atoms with Gasteiger partial charge in [-0.1, -0.05) is 30.8 Å². The number of hydrogen-bond donors (Lipinski definition) is 0. The number of benzene rings is 1. The van der Waals surface area contributed by atoms with Crippen molar-refractivity contribution in [2.24, 2.45) is 0 Å². The molecule has 2 aliphatic rings. The first-order chi connectivity index (χ1) is 14.7. The average Bonchev–Trinajstić information content (AvgIpc) is 3.32. The summed E-state index contributed by atoms with van der Waals surface area (Å²) in [6.07, 6.45) is 3.91. The number of rotatable bonds is 6. The van der Waals surface area contributed by atoms with Crippen LogP contribution < -0.4 is 0 Å². The van der Waals surface area contributed by atoms with Crippen molar-refractivity contribution in [2.75, 3.05) is 12.3 Å². The minimum absolute atomic E-state index is 0.126. The van der Waals surface area contributed by atoms with Gasteiger partial charge < -0.3 is 4.90 Å². The Morgan fingerprint density at radius 3 is 2.87 bits per heavy atom. The standard InChI is InChI=1S/C22H23FN4OS2/c1-2-18-16-10-12-29-19(16)9-11-26(18)20(28)13-30-22-25-24-21(27(22)14-7-8-14)15-5-3-4-6-17(15)23/h3-6,10,12,14,18H,2,7-9,11,13H2,1H3. The first-order valence-corrected chi connectivity index (χ1v) is 12.2. The highest BCUT2D eigenvalue weighted by Gasteiger charge is 2.33. The normalized spacial score (nSPS) is 18.5. The molecule has 1 aliphatic heterocycles. The molecule has 0 N–H and O–H groups in total. The molecular formula is C22H23FN4OS2. The molecule has 8 heteroatoms. The fourth-order valence-electron chi connectivity index (χ4n) is 4.21. The molecule has 0 radical (unpaired) electrons. The van der Waals surface area contributed by atoms with E-state index in [1.165, 1.54) is 28.3 Å². The van der Waals surface area contributed by atoms with E-state index in [9.17, 15) is 9.18 Å². The summed E-state index contributed by atoms with van der Waals surface area (Å²) >= 11 is 3.20. The van der Waals surface area contributed by atoms with E-state index in [1.54, 1.807) is 29.5 Å². The summed E-state index contributed by atoms with van der Waals surface area (Å²) in [4.78, 5) is 16.5. The van der Waals surface area contributed by atoms with Gasteiger partial charge >= 0.3 is 0 Å². The van der Waals surface area contributed by atoms with Crippen LogP contribution in [0, 0.1) is 5.82 Å². The molecule has 5 rings (SSSR count). The maximum absolute atomic E-state index is 14.3. The average molecular weight is 443 g/mol. The first-order valence-electron chi connectivity index (χ1n) is 10.4. The molecule has 1 aliphatic carbocycles. The van der Waals surface area contributed by atoms with Gasteiger partial charge in [0.05, 0.1) is 17.4 Å². The Bertz CT molecular complexity index is 1070. The lowest BCUT2D eigenvalue weighted by Crippen LogP contribution is -2.40. The summed E-state index contributed by atoms with van der Waals surface area (Å²) < 4.78 is 16.3. The van der Waals surface area contributed by atoms with Crippen LogP contribution in [0.2, 0.25) is 0 Å². The molecule has 0 saturated heterocycles. The molecule has 3 heterocycles. The summed E-state index contributed by atoms with van der Waals surface area (Å²) in [7, 11) is 0. The number of halogens is 1. The summed E-state index contributed by atoms with van der Waals surface area (Å²) in [5.74, 6) is 0.697. The number of thioether (sulfide) groups is 1. The van der Waals surface area contributed by atoms with Gasteiger partial charge in [0.2, 0.25) is 5.91 Å². The lowest BCUT2D eigenvalue weighted by Gasteiger charge is -2.35. The quantitative estimate of drug-likeness (QED) is 0.498. The van der Waals surface area contributed by atoms with Gasteiger partial charge in [-0.05, 0) is 54.8 Å². The minimum Gasteiger partial charge on any atom is -0.335 e. The van der Waals surface area contributed by atoms with E-state index in [4.69, 9.17) is 0 Å². The predicted octanol–water partition coefficient (Wildman–Crippen LogP) is 5.11. The maximum Gasteiger partial charge on any atom is 0.233 e. The second kappa shape index (κ2) is 8.15. The van der Waals surface area contributed by atoms with Crippen molar-refractivity contribution in [1.82, 2.24) is 19.7 Å². The van der Waals surface area contributed by atoms with Crippen molar-refractivity contribution in [3.05, 3.63) is 52.0 Å². The van der Waals surface area contributed by atoms with E-state index in [2.05, 4.69) is 28.6 Å². The first kappa shape index (κ1) is 19.8. The lowest BCUT2D eigenvalue weighted by atomic mass is 9.98. The van der Waals surface area contributed by atoms with Gasteiger partial charge in [-0.25, -0.2) is 4.39 Å². The van der Waals surface area contributed by atoms with Crippen molar-refractivity contribution < 1.29 is 9.18 Å². The van der Waals surface area contributed by atoms with Crippen molar-refractivity contribution in [2.45, 2.75) is 49.8 Å². The SMILES string of the molecule is CCC1c2ccsc2CCN1C(=O)CSc1nnc(-c2ccccc2F)n1C1CC1. The van der Waals surface area contributed by atoms with Gasteiger partial charge in [-0.3, -0.25) is 9.36 Å². The van der Waals surface area contributed by atoms with E-state index in [1.807, 2.05) is 9.47 Å². The van der Waals surface area contributed by atoms with Crippen LogP contribution in [0.15, 0.2) is 40.9 Å². The molecular weight excluding hydrogens is 419 g/mol. The fraction of sp³-hybridized carbons (Fsp3) is 0.409. The van der Waals surface area contributed by atoms with Crippen LogP contribution in [0.5, 0.6) is 0 Å². The Balaban J connectivity index is 1.35. The largest absolute Gasteiger partial charge is 0.335 e. The Morgan fingerprint density at radius 2 is 2.10 bits per heavy atom. The number of amides is 1. The highest BCUT2D eigenvalue weighted by Crippen LogP contribution is 2.42. The van der Waals surface area contributed by atoms with Crippen LogP contribution in [0.1, 0.15) is 48.7 Å². The Hall–Kier alpha value is -2.19. The van der Waals surface area contributed by atoms with Crippen LogP contribution in [-0.4, -0.2) is 37.9 Å². The number of carbonyl (C=O) groups is 1. The second-order valence-corrected chi connectivity index (χ2v) is 9.68. The molecule has 0 spiro atoms. The number of carbonyl (C=O) groups excluding carboxylic acids is 1. The topological polar surface area (TPSA) is 51.0 Å². The monoisotopic (exact) mass is 442 g/mol. The Kier molecular flexibility index (Phi) is 5.37. The zero-order chi connectivity index (χ0) is 20.7. The predicted molar refractivity (Wildman–Crippen MR) is 117 cm³/mol. The van der Waals surface area contributed by atoms with Crippen molar-refractivity contribution in [3.8, 4) is 11.4 Å². The highest BCUT2D eigenvalue weighted by atomic mass is 32.2. The van der Waals surface area contributed by atoms with E-state index in [0.29, 0.717) is 28.3 Å². The summed E-state index contributed by atoms with van der Waals surface area (Å²) in [5, 5.41) is 11.4. The molecule has 5 nitrogen and oxygen atoms in total. The molecule has 0 bridgehead atoms. The van der Waals surface area contributed by atoms with E-state index < -0.39 is 0 Å². The zero-order valence-corrected chi connectivity index (χ0v) is 18.4. The molecule has 1 aromatic carbocycles. The number of hydrogen-bond acceptors (Lipinski definition) is 5. The van der Waals surface area contributed by atoms with Gasteiger partial charge in [0, 0.05) is 17.5 Å². The Morgan fingerprint density at radius 1 is 1.27 bits per heavy atom. The molecule has 1 amide bonds. The Labute approximate surface area is 183 Å². The number of aromatic nitrogens is 3. The zero-order valence-electron chi connectivity index (χ0n) is 16.8. The molecule has 1 atom stereocenters. The molecule has 30 heavy (non-hydrogen) atoms. The summed E-state index contributed by atoms with van der Waals surface area (Å²) in [6.45, 7) is 2.90. The van der Waals surface area contributed by atoms with Crippen LogP contribution in [0.25, 0.3) is 11.4 Å². The van der Waals surface area contributed by atoms with Crippen LogP contribution in [-0.2, 0) is 11.2 Å². The third-order valence-corrected chi connectivity index (χ3v) is 7.74. The number of nitrogens with zero attached hydrogens (tertiary/aromatic N) is 4. The molecule has 156 valence electrons. The van der Waals surface area contributed by atoms with Crippen LogP contribution >= 0.6 is 23.1 Å². The second-order valence-electron chi connectivity index (χ2n) is 7.74. The van der Waals surface area contributed by atoms with E-state index >= 15 is 0 Å². The van der Waals surface area contributed by atoms with Gasteiger partial charge in [0.15, 0.2) is 11.0 Å². The van der Waals surface area contributed by atoms with Crippen LogP contribution in [0.3, 0.4) is 0 Å². The third kappa shape index (κ3) is 3.56. The summed E-state index contributed by atoms with van der Waals surface area (Å²) in [5.41, 5.74) is 1.76.